The Bertz CT molecular complexity index is 2200. The molecule has 0 aliphatic heterocycles. The van der Waals surface area contributed by atoms with Crippen molar-refractivity contribution in [1.82, 2.24) is 9.55 Å². The Kier molecular flexibility index (Phi) is 5.72. The quantitative estimate of drug-likeness (QED) is 0.205. The lowest BCUT2D eigenvalue weighted by atomic mass is 9.84. The lowest BCUT2D eigenvalue weighted by molar-refractivity contribution is 1.00. The van der Waals surface area contributed by atoms with Crippen LogP contribution < -0.4 is 0 Å². The molecule has 1 aromatic heterocycles. The van der Waals surface area contributed by atoms with Gasteiger partial charge in [-0.2, -0.15) is 0 Å². The molecule has 8 rings (SSSR count). The highest BCUT2D eigenvalue weighted by Gasteiger charge is 2.19. The third kappa shape index (κ3) is 3.84. The Labute approximate surface area is 245 Å². The van der Waals surface area contributed by atoms with Crippen molar-refractivity contribution in [2.75, 3.05) is 0 Å². The van der Waals surface area contributed by atoms with Crippen molar-refractivity contribution in [2.45, 2.75) is 6.92 Å². The number of benzene rings is 7. The minimum Gasteiger partial charge on any atom is -0.297 e. The minimum atomic E-state index is 0.982. The molecule has 0 saturated carbocycles. The first-order valence-electron chi connectivity index (χ1n) is 14.4. The van der Waals surface area contributed by atoms with Gasteiger partial charge in [-0.15, -0.1) is 0 Å². The van der Waals surface area contributed by atoms with Crippen LogP contribution in [0.15, 0.2) is 152 Å². The van der Waals surface area contributed by atoms with Crippen molar-refractivity contribution in [1.29, 1.82) is 0 Å². The van der Waals surface area contributed by atoms with E-state index in [2.05, 4.69) is 157 Å². The maximum absolute atomic E-state index is 4.83. The first-order valence-corrected chi connectivity index (χ1v) is 14.4. The van der Waals surface area contributed by atoms with E-state index in [1.54, 1.807) is 0 Å². The van der Waals surface area contributed by atoms with Crippen LogP contribution in [0.2, 0.25) is 0 Å². The monoisotopic (exact) mass is 536 g/mol. The molecule has 0 bridgehead atoms. The van der Waals surface area contributed by atoms with Gasteiger partial charge >= 0.3 is 0 Å². The normalized spacial score (nSPS) is 11.5. The van der Waals surface area contributed by atoms with Crippen LogP contribution in [0.3, 0.4) is 0 Å². The number of fused-ring (bicyclic) bond motifs is 3. The van der Waals surface area contributed by atoms with Crippen LogP contribution in [0, 0.1) is 6.92 Å². The fourth-order valence-corrected chi connectivity index (χ4v) is 6.57. The highest BCUT2D eigenvalue weighted by atomic mass is 15.1. The number of para-hydroxylation sites is 2. The molecule has 7 aromatic carbocycles. The summed E-state index contributed by atoms with van der Waals surface area (Å²) in [5.41, 5.74) is 10.7. The average molecular weight is 537 g/mol. The summed E-state index contributed by atoms with van der Waals surface area (Å²) < 4.78 is 2.26. The molecule has 0 aliphatic rings. The molecule has 0 spiro atoms. The Morgan fingerprint density at radius 2 is 1.00 bits per heavy atom. The minimum absolute atomic E-state index is 0.982. The second kappa shape index (κ2) is 9.87. The van der Waals surface area contributed by atoms with Crippen molar-refractivity contribution < 1.29 is 0 Å². The smallest absolute Gasteiger partial charge is 0.111 e. The summed E-state index contributed by atoms with van der Waals surface area (Å²) in [6.45, 7) is 2.08. The molecule has 42 heavy (non-hydrogen) atoms. The van der Waals surface area contributed by atoms with Crippen molar-refractivity contribution in [3.63, 3.8) is 0 Å². The zero-order valence-electron chi connectivity index (χ0n) is 23.3. The summed E-state index contributed by atoms with van der Waals surface area (Å²) in [4.78, 5) is 4.83. The molecule has 0 saturated heterocycles. The van der Waals surface area contributed by atoms with Crippen LogP contribution in [-0.2, 0) is 0 Å². The van der Waals surface area contributed by atoms with Gasteiger partial charge in [-0.3, -0.25) is 4.57 Å². The van der Waals surface area contributed by atoms with Gasteiger partial charge in [0, 0.05) is 5.69 Å². The van der Waals surface area contributed by atoms with Gasteiger partial charge in [-0.05, 0) is 86.1 Å². The molecular weight excluding hydrogens is 508 g/mol. The third-order valence-electron chi connectivity index (χ3n) is 8.33. The molecule has 0 aliphatic carbocycles. The van der Waals surface area contributed by atoms with Crippen molar-refractivity contribution in [3.05, 3.63) is 157 Å². The number of hydrogen-bond acceptors (Lipinski definition) is 1. The van der Waals surface area contributed by atoms with Gasteiger partial charge in [-0.1, -0.05) is 127 Å². The average Bonchev–Trinajstić information content (AvgIpc) is 3.39. The van der Waals surface area contributed by atoms with Gasteiger partial charge in [-0.25, -0.2) is 4.98 Å². The molecule has 0 amide bonds. The van der Waals surface area contributed by atoms with E-state index in [-0.39, 0.29) is 0 Å². The second-order valence-corrected chi connectivity index (χ2v) is 10.8. The number of imidazole rings is 1. The molecule has 8 aromatic rings. The zero-order valence-corrected chi connectivity index (χ0v) is 23.3. The molecule has 1 heterocycles. The van der Waals surface area contributed by atoms with Crippen LogP contribution in [0.4, 0.5) is 0 Å². The second-order valence-electron chi connectivity index (χ2n) is 10.8. The van der Waals surface area contributed by atoms with E-state index in [1.807, 2.05) is 6.07 Å². The summed E-state index contributed by atoms with van der Waals surface area (Å²) in [5, 5.41) is 5.00. The van der Waals surface area contributed by atoms with Crippen molar-refractivity contribution >= 4 is 32.6 Å². The predicted molar refractivity (Wildman–Crippen MR) is 177 cm³/mol. The van der Waals surface area contributed by atoms with E-state index in [0.29, 0.717) is 0 Å². The first kappa shape index (κ1) is 24.3. The molecule has 0 unspecified atom stereocenters. The van der Waals surface area contributed by atoms with E-state index < -0.39 is 0 Å². The summed E-state index contributed by atoms with van der Waals surface area (Å²) in [6.07, 6.45) is 0. The van der Waals surface area contributed by atoms with Crippen molar-refractivity contribution in [2.24, 2.45) is 0 Å². The zero-order chi connectivity index (χ0) is 28.0. The summed E-state index contributed by atoms with van der Waals surface area (Å²) in [7, 11) is 0. The van der Waals surface area contributed by atoms with Gasteiger partial charge in [0.05, 0.1) is 11.0 Å². The number of aryl methyl sites for hydroxylation is 1. The topological polar surface area (TPSA) is 17.8 Å². The maximum atomic E-state index is 4.83. The number of rotatable bonds is 4. The van der Waals surface area contributed by atoms with E-state index in [0.717, 1.165) is 22.5 Å². The van der Waals surface area contributed by atoms with Crippen LogP contribution in [-0.4, -0.2) is 9.55 Å². The van der Waals surface area contributed by atoms with Gasteiger partial charge in [0.1, 0.15) is 5.82 Å². The Morgan fingerprint density at radius 3 is 1.71 bits per heavy atom. The number of hydrogen-bond donors (Lipinski definition) is 0. The Hall–Kier alpha value is -5.47. The fourth-order valence-electron chi connectivity index (χ4n) is 6.57. The number of aromatic nitrogens is 2. The highest BCUT2D eigenvalue weighted by molar-refractivity contribution is 6.22. The molecule has 2 heteroatoms. The third-order valence-corrected chi connectivity index (χ3v) is 8.33. The molecule has 2 nitrogen and oxygen atoms in total. The van der Waals surface area contributed by atoms with Crippen LogP contribution in [0.1, 0.15) is 5.82 Å². The van der Waals surface area contributed by atoms with Crippen LogP contribution in [0.5, 0.6) is 0 Å². The number of nitrogens with zero attached hydrogens (tertiary/aromatic N) is 2. The molecule has 0 fully saturated rings. The van der Waals surface area contributed by atoms with Crippen LogP contribution >= 0.6 is 0 Å². The molecule has 198 valence electrons. The van der Waals surface area contributed by atoms with E-state index >= 15 is 0 Å². The highest BCUT2D eigenvalue weighted by Crippen LogP contribution is 2.46. The van der Waals surface area contributed by atoms with E-state index in [4.69, 9.17) is 4.98 Å². The SMILES string of the molecule is Cc1nc2ccccc2n1-c1cccc(-c2c3ccccc3c(-c3ccccc3-c3ccccc3)c3ccccc23)c1. The molecule has 0 N–H and O–H groups in total. The van der Waals surface area contributed by atoms with Gasteiger partial charge in [0.25, 0.3) is 0 Å². The fraction of sp³-hybridized carbons (Fsp3) is 0.0250. The Balaban J connectivity index is 1.43. The lowest BCUT2D eigenvalue weighted by Gasteiger charge is -2.20. The predicted octanol–water partition coefficient (Wildman–Crippen LogP) is 10.6. The first-order chi connectivity index (χ1) is 20.8. The van der Waals surface area contributed by atoms with Gasteiger partial charge < -0.3 is 0 Å². The van der Waals surface area contributed by atoms with Crippen LogP contribution in [0.25, 0.3) is 71.6 Å². The van der Waals surface area contributed by atoms with Gasteiger partial charge in [0.2, 0.25) is 0 Å². The van der Waals surface area contributed by atoms with Gasteiger partial charge in [0.15, 0.2) is 0 Å². The summed E-state index contributed by atoms with van der Waals surface area (Å²) in [6, 6.07) is 54.5. The summed E-state index contributed by atoms with van der Waals surface area (Å²) in [5.74, 6) is 0.982. The van der Waals surface area contributed by atoms with E-state index in [9.17, 15) is 0 Å². The molecular formula is C40H28N2. The molecule has 0 atom stereocenters. The summed E-state index contributed by atoms with van der Waals surface area (Å²) >= 11 is 0. The standard InChI is InChI=1S/C40H28N2/c1-27-41-37-24-11-12-25-38(37)42(27)30-17-13-16-29(26-30)39-33-20-7-9-22-35(33)40(36-23-10-8-21-34(36)39)32-19-6-5-18-31(32)28-14-3-2-4-15-28/h2-26H,1H3. The maximum Gasteiger partial charge on any atom is 0.111 e. The van der Waals surface area contributed by atoms with Crippen molar-refractivity contribution in [3.8, 4) is 39.1 Å². The van der Waals surface area contributed by atoms with E-state index in [1.165, 1.54) is 54.9 Å². The molecule has 0 radical (unpaired) electrons. The lowest BCUT2D eigenvalue weighted by Crippen LogP contribution is -1.98. The Morgan fingerprint density at radius 1 is 0.452 bits per heavy atom. The largest absolute Gasteiger partial charge is 0.297 e.